The van der Waals surface area contributed by atoms with Crippen LogP contribution in [0.5, 0.6) is 5.88 Å². The molecular formula is C16H22N4O. The molecule has 0 fully saturated rings. The number of nitrogens with two attached hydrogens (primary N) is 1. The van der Waals surface area contributed by atoms with Gasteiger partial charge < -0.3 is 15.4 Å². The van der Waals surface area contributed by atoms with Crippen molar-refractivity contribution in [2.45, 2.75) is 33.4 Å². The molecule has 0 radical (unpaired) electrons. The van der Waals surface area contributed by atoms with Gasteiger partial charge in [0.15, 0.2) is 0 Å². The van der Waals surface area contributed by atoms with Gasteiger partial charge in [-0.05, 0) is 38.5 Å². The Labute approximate surface area is 125 Å². The lowest BCUT2D eigenvalue weighted by molar-refractivity contribution is 0.393. The molecular weight excluding hydrogens is 264 g/mol. The van der Waals surface area contributed by atoms with E-state index >= 15 is 0 Å². The van der Waals surface area contributed by atoms with Crippen LogP contribution in [-0.4, -0.2) is 23.1 Å². The van der Waals surface area contributed by atoms with Gasteiger partial charge in [-0.2, -0.15) is 0 Å². The minimum absolute atomic E-state index is 0.296. The fraction of sp³-hybridized carbons (Fsp3) is 0.375. The molecule has 0 atom stereocenters. The van der Waals surface area contributed by atoms with Gasteiger partial charge in [0, 0.05) is 18.3 Å². The van der Waals surface area contributed by atoms with Gasteiger partial charge in [0.1, 0.15) is 12.1 Å². The maximum atomic E-state index is 5.86. The zero-order valence-electron chi connectivity index (χ0n) is 13.0. The molecule has 0 unspecified atom stereocenters. The van der Waals surface area contributed by atoms with Gasteiger partial charge in [0.2, 0.25) is 5.88 Å². The molecule has 2 rings (SSSR count). The van der Waals surface area contributed by atoms with Crippen molar-refractivity contribution >= 4 is 11.5 Å². The standard InChI is InChI=1S/C16H22N4O/c1-11(2)20(9-13-6-5-7-14(17)8-13)15-12(3)16(21-4)19-10-18-15/h5-8,10-11H,9,17H2,1-4H3. The molecule has 5 heteroatoms. The summed E-state index contributed by atoms with van der Waals surface area (Å²) in [6.07, 6.45) is 1.54. The van der Waals surface area contributed by atoms with E-state index in [-0.39, 0.29) is 0 Å². The van der Waals surface area contributed by atoms with E-state index in [9.17, 15) is 0 Å². The lowest BCUT2D eigenvalue weighted by atomic mass is 10.1. The summed E-state index contributed by atoms with van der Waals surface area (Å²) in [4.78, 5) is 10.8. The van der Waals surface area contributed by atoms with Crippen LogP contribution in [0.1, 0.15) is 25.0 Å². The topological polar surface area (TPSA) is 64.3 Å². The molecule has 2 aromatic rings. The van der Waals surface area contributed by atoms with Gasteiger partial charge in [0.05, 0.1) is 12.7 Å². The number of nitrogen functional groups attached to an aromatic ring is 1. The van der Waals surface area contributed by atoms with Crippen molar-refractivity contribution < 1.29 is 4.74 Å². The Morgan fingerprint density at radius 1 is 1.29 bits per heavy atom. The zero-order chi connectivity index (χ0) is 15.4. The summed E-state index contributed by atoms with van der Waals surface area (Å²) in [5.74, 6) is 1.50. The highest BCUT2D eigenvalue weighted by Crippen LogP contribution is 2.26. The second-order valence-corrected chi connectivity index (χ2v) is 5.30. The van der Waals surface area contributed by atoms with Crippen LogP contribution in [-0.2, 0) is 6.54 Å². The Balaban J connectivity index is 2.36. The van der Waals surface area contributed by atoms with Crippen LogP contribution in [0.15, 0.2) is 30.6 Å². The second kappa shape index (κ2) is 6.43. The quantitative estimate of drug-likeness (QED) is 0.856. The van der Waals surface area contributed by atoms with Gasteiger partial charge in [0.25, 0.3) is 0 Å². The van der Waals surface area contributed by atoms with Crippen molar-refractivity contribution in [3.8, 4) is 5.88 Å². The molecule has 0 amide bonds. The summed E-state index contributed by atoms with van der Waals surface area (Å²) >= 11 is 0. The van der Waals surface area contributed by atoms with Gasteiger partial charge in [-0.25, -0.2) is 9.97 Å². The van der Waals surface area contributed by atoms with E-state index in [0.29, 0.717) is 11.9 Å². The van der Waals surface area contributed by atoms with Gasteiger partial charge in [-0.1, -0.05) is 12.1 Å². The third-order valence-electron chi connectivity index (χ3n) is 3.40. The fourth-order valence-electron chi connectivity index (χ4n) is 2.31. The number of nitrogens with zero attached hydrogens (tertiary/aromatic N) is 3. The van der Waals surface area contributed by atoms with Crippen molar-refractivity contribution in [2.24, 2.45) is 0 Å². The second-order valence-electron chi connectivity index (χ2n) is 5.30. The first-order valence-electron chi connectivity index (χ1n) is 6.99. The molecule has 5 nitrogen and oxygen atoms in total. The molecule has 0 saturated heterocycles. The SMILES string of the molecule is COc1ncnc(N(Cc2cccc(N)c2)C(C)C)c1C. The van der Waals surface area contributed by atoms with Crippen LogP contribution >= 0.6 is 0 Å². The Bertz CT molecular complexity index is 613. The molecule has 2 N–H and O–H groups in total. The first-order valence-corrected chi connectivity index (χ1v) is 6.99. The van der Waals surface area contributed by atoms with Crippen LogP contribution in [0.3, 0.4) is 0 Å². The van der Waals surface area contributed by atoms with Crippen LogP contribution < -0.4 is 15.4 Å². The molecule has 1 aromatic heterocycles. The van der Waals surface area contributed by atoms with Crippen molar-refractivity contribution in [1.29, 1.82) is 0 Å². The summed E-state index contributed by atoms with van der Waals surface area (Å²) in [5.41, 5.74) is 8.73. The first kappa shape index (κ1) is 15.1. The van der Waals surface area contributed by atoms with Gasteiger partial charge in [-0.15, -0.1) is 0 Å². The monoisotopic (exact) mass is 286 g/mol. The summed E-state index contributed by atoms with van der Waals surface area (Å²) in [7, 11) is 1.62. The molecule has 0 bridgehead atoms. The number of anilines is 2. The predicted octanol–water partition coefficient (Wildman–Crippen LogP) is 2.79. The Hall–Kier alpha value is -2.30. The number of rotatable bonds is 5. The molecule has 0 aliphatic heterocycles. The average molecular weight is 286 g/mol. The van der Waals surface area contributed by atoms with E-state index < -0.39 is 0 Å². The number of methoxy groups -OCH3 is 1. The van der Waals surface area contributed by atoms with Crippen molar-refractivity contribution in [1.82, 2.24) is 9.97 Å². The first-order chi connectivity index (χ1) is 10.0. The lowest BCUT2D eigenvalue weighted by Crippen LogP contribution is -2.31. The third-order valence-corrected chi connectivity index (χ3v) is 3.40. The maximum Gasteiger partial charge on any atom is 0.221 e. The molecule has 0 aliphatic carbocycles. The Kier molecular flexibility index (Phi) is 4.62. The average Bonchev–Trinajstić information content (AvgIpc) is 2.45. The highest BCUT2D eigenvalue weighted by atomic mass is 16.5. The van der Waals surface area contributed by atoms with Crippen LogP contribution in [0.25, 0.3) is 0 Å². The molecule has 1 heterocycles. The van der Waals surface area contributed by atoms with Crippen LogP contribution in [0.4, 0.5) is 11.5 Å². The number of hydrogen-bond acceptors (Lipinski definition) is 5. The minimum atomic E-state index is 0.296. The van der Waals surface area contributed by atoms with E-state index in [1.54, 1.807) is 7.11 Å². The summed E-state index contributed by atoms with van der Waals surface area (Å²) < 4.78 is 5.29. The summed E-state index contributed by atoms with van der Waals surface area (Å²) in [5, 5.41) is 0. The normalized spacial score (nSPS) is 10.7. The van der Waals surface area contributed by atoms with Crippen molar-refractivity contribution in [3.05, 3.63) is 41.7 Å². The number of aromatic nitrogens is 2. The Morgan fingerprint density at radius 3 is 2.67 bits per heavy atom. The number of ether oxygens (including phenoxy) is 1. The molecule has 0 aliphatic rings. The highest BCUT2D eigenvalue weighted by Gasteiger charge is 2.17. The largest absolute Gasteiger partial charge is 0.481 e. The van der Waals surface area contributed by atoms with E-state index in [4.69, 9.17) is 10.5 Å². The summed E-state index contributed by atoms with van der Waals surface area (Å²) in [6, 6.07) is 8.21. The number of hydrogen-bond donors (Lipinski definition) is 1. The smallest absolute Gasteiger partial charge is 0.221 e. The van der Waals surface area contributed by atoms with Crippen molar-refractivity contribution in [2.75, 3.05) is 17.7 Å². The van der Waals surface area contributed by atoms with Gasteiger partial charge in [-0.3, -0.25) is 0 Å². The van der Waals surface area contributed by atoms with E-state index in [1.165, 1.54) is 6.33 Å². The minimum Gasteiger partial charge on any atom is -0.481 e. The van der Waals surface area contributed by atoms with E-state index in [1.807, 2.05) is 25.1 Å². The predicted molar refractivity (Wildman–Crippen MR) is 85.5 cm³/mol. The lowest BCUT2D eigenvalue weighted by Gasteiger charge is -2.29. The van der Waals surface area contributed by atoms with E-state index in [2.05, 4.69) is 34.8 Å². The van der Waals surface area contributed by atoms with E-state index in [0.717, 1.165) is 29.2 Å². The van der Waals surface area contributed by atoms with Crippen LogP contribution in [0.2, 0.25) is 0 Å². The third kappa shape index (κ3) is 3.42. The fourth-order valence-corrected chi connectivity index (χ4v) is 2.31. The molecule has 0 spiro atoms. The summed E-state index contributed by atoms with van der Waals surface area (Å²) in [6.45, 7) is 6.99. The molecule has 1 aromatic carbocycles. The zero-order valence-corrected chi connectivity index (χ0v) is 13.0. The van der Waals surface area contributed by atoms with Crippen LogP contribution in [0, 0.1) is 6.92 Å². The highest BCUT2D eigenvalue weighted by molar-refractivity contribution is 5.52. The van der Waals surface area contributed by atoms with Crippen molar-refractivity contribution in [3.63, 3.8) is 0 Å². The molecule has 112 valence electrons. The molecule has 0 saturated carbocycles. The number of benzene rings is 1. The Morgan fingerprint density at radius 2 is 2.05 bits per heavy atom. The maximum absolute atomic E-state index is 5.86. The van der Waals surface area contributed by atoms with Gasteiger partial charge >= 0.3 is 0 Å². The molecule has 21 heavy (non-hydrogen) atoms.